The van der Waals surface area contributed by atoms with Crippen LogP contribution in [0, 0.1) is 0 Å². The summed E-state index contributed by atoms with van der Waals surface area (Å²) in [6.45, 7) is 0.881. The van der Waals surface area contributed by atoms with Gasteiger partial charge in [0.1, 0.15) is 0 Å². The Hall–Kier alpha value is -3.49. The lowest BCUT2D eigenvalue weighted by atomic mass is 9.98. The van der Waals surface area contributed by atoms with Crippen LogP contribution in [0.3, 0.4) is 0 Å². The molecule has 2 aromatic carbocycles. The molecule has 4 rings (SSSR count). The van der Waals surface area contributed by atoms with Crippen molar-refractivity contribution in [1.82, 2.24) is 5.16 Å². The first-order valence-electron chi connectivity index (χ1n) is 9.95. The van der Waals surface area contributed by atoms with Crippen LogP contribution in [0.25, 0.3) is 22.5 Å². The van der Waals surface area contributed by atoms with Crippen LogP contribution in [-0.2, 0) is 4.79 Å². The van der Waals surface area contributed by atoms with Gasteiger partial charge in [-0.05, 0) is 41.4 Å². The predicted molar refractivity (Wildman–Crippen MR) is 123 cm³/mol. The summed E-state index contributed by atoms with van der Waals surface area (Å²) in [7, 11) is 3.38. The first kappa shape index (κ1) is 21.7. The van der Waals surface area contributed by atoms with Gasteiger partial charge in [0.05, 0.1) is 29.5 Å². The van der Waals surface area contributed by atoms with E-state index in [2.05, 4.69) is 15.4 Å². The van der Waals surface area contributed by atoms with Gasteiger partial charge < -0.3 is 29.7 Å². The molecule has 32 heavy (non-hydrogen) atoms. The number of rotatable bonds is 7. The van der Waals surface area contributed by atoms with Crippen LogP contribution >= 0.6 is 11.6 Å². The summed E-state index contributed by atoms with van der Waals surface area (Å²) in [6, 6.07) is 12.6. The van der Waals surface area contributed by atoms with Gasteiger partial charge in [0.25, 0.3) is 11.8 Å². The normalized spacial score (nSPS) is 14.2. The van der Waals surface area contributed by atoms with Crippen molar-refractivity contribution in [2.75, 3.05) is 37.5 Å². The molecule has 0 spiro atoms. The molecule has 0 fully saturated rings. The van der Waals surface area contributed by atoms with E-state index in [0.717, 1.165) is 17.8 Å². The van der Waals surface area contributed by atoms with Crippen LogP contribution in [-0.4, -0.2) is 48.6 Å². The van der Waals surface area contributed by atoms with E-state index in [0.29, 0.717) is 28.3 Å². The molecule has 2 heterocycles. The van der Waals surface area contributed by atoms with E-state index in [9.17, 15) is 9.90 Å². The maximum absolute atomic E-state index is 12.6. The molecule has 1 aliphatic rings. The van der Waals surface area contributed by atoms with Gasteiger partial charge in [-0.25, -0.2) is 0 Å². The zero-order chi connectivity index (χ0) is 22.8. The van der Waals surface area contributed by atoms with Gasteiger partial charge in [0.2, 0.25) is 5.76 Å². The number of carbonyl (C=O) groups is 1. The predicted octanol–water partition coefficient (Wildman–Crippen LogP) is 4.20. The Morgan fingerprint density at radius 3 is 2.62 bits per heavy atom. The quantitative estimate of drug-likeness (QED) is 0.362. The van der Waals surface area contributed by atoms with Crippen molar-refractivity contribution in [3.8, 4) is 17.0 Å². The van der Waals surface area contributed by atoms with E-state index in [-0.39, 0.29) is 29.6 Å². The van der Waals surface area contributed by atoms with Crippen LogP contribution in [0.15, 0.2) is 47.0 Å². The monoisotopic (exact) mass is 455 g/mol. The van der Waals surface area contributed by atoms with Gasteiger partial charge in [-0.15, -0.1) is 0 Å². The first-order chi connectivity index (χ1) is 15.4. The van der Waals surface area contributed by atoms with Gasteiger partial charge in [-0.2, -0.15) is 0 Å². The summed E-state index contributed by atoms with van der Waals surface area (Å²) < 4.78 is 10.1. The zero-order valence-corrected chi connectivity index (χ0v) is 18.3. The highest BCUT2D eigenvalue weighted by atomic mass is 35.5. The number of amides is 1. The Bertz CT molecular complexity index is 1190. The molecule has 1 amide bonds. The van der Waals surface area contributed by atoms with Crippen molar-refractivity contribution in [1.29, 1.82) is 0 Å². The number of hydrogen-bond acceptors (Lipinski definition) is 7. The highest BCUT2D eigenvalue weighted by Crippen LogP contribution is 2.42. The molecule has 0 radical (unpaired) electrons. The number of ether oxygens (including phenoxy) is 1. The summed E-state index contributed by atoms with van der Waals surface area (Å²) >= 11 is 6.51. The van der Waals surface area contributed by atoms with Crippen molar-refractivity contribution in [2.45, 2.75) is 6.42 Å². The fraction of sp³-hybridized carbons (Fsp3) is 0.217. The summed E-state index contributed by atoms with van der Waals surface area (Å²) in [5.41, 5.74) is 3.65. The molecule has 0 aliphatic carbocycles. The van der Waals surface area contributed by atoms with Crippen molar-refractivity contribution in [3.05, 3.63) is 58.8 Å². The number of methoxy groups -OCH3 is 1. The minimum absolute atomic E-state index is 0.0200. The number of aromatic nitrogens is 1. The fourth-order valence-corrected chi connectivity index (χ4v) is 3.84. The van der Waals surface area contributed by atoms with Crippen LogP contribution in [0.1, 0.15) is 17.7 Å². The number of benzene rings is 2. The number of anilines is 2. The van der Waals surface area contributed by atoms with Gasteiger partial charge >= 0.3 is 0 Å². The summed E-state index contributed by atoms with van der Waals surface area (Å²) in [5, 5.41) is 26.6. The first-order valence-corrected chi connectivity index (χ1v) is 10.3. The molecule has 0 bridgehead atoms. The van der Waals surface area contributed by atoms with Crippen molar-refractivity contribution in [2.24, 2.45) is 0 Å². The van der Waals surface area contributed by atoms with Crippen LogP contribution in [0.4, 0.5) is 11.4 Å². The maximum Gasteiger partial charge on any atom is 0.260 e. The molecule has 8 nitrogen and oxygen atoms in total. The lowest BCUT2D eigenvalue weighted by Gasteiger charge is -2.19. The van der Waals surface area contributed by atoms with Gasteiger partial charge in [0, 0.05) is 37.0 Å². The molecule has 0 saturated heterocycles. The third-order valence-electron chi connectivity index (χ3n) is 5.29. The Labute approximate surface area is 189 Å². The standard InChI is InChI=1S/C23H22ClN3O5/c1-27(8-3-9-28)14-6-4-13(5-7-14)15-10-16-18(11-17(15)24)25-23(30)21(16)22(29)19-12-20(31-2)26-32-19/h4-7,10-12,28-29H,3,8-9H2,1-2H3,(H,25,30). The number of carbonyl (C=O) groups excluding carboxylic acids is 1. The number of halogens is 1. The maximum atomic E-state index is 12.6. The lowest BCUT2D eigenvalue weighted by Crippen LogP contribution is -2.19. The molecule has 1 aromatic heterocycles. The molecule has 0 saturated carbocycles. The Balaban J connectivity index is 1.72. The van der Waals surface area contributed by atoms with Crippen molar-refractivity contribution >= 4 is 40.2 Å². The largest absolute Gasteiger partial charge is 0.504 e. The van der Waals surface area contributed by atoms with Gasteiger partial charge in [0.15, 0.2) is 5.76 Å². The second kappa shape index (κ2) is 8.94. The number of aliphatic hydroxyl groups is 2. The average Bonchev–Trinajstić information content (AvgIpc) is 3.40. The van der Waals surface area contributed by atoms with Gasteiger partial charge in [-0.3, -0.25) is 4.79 Å². The third kappa shape index (κ3) is 4.02. The smallest absolute Gasteiger partial charge is 0.260 e. The van der Waals surface area contributed by atoms with E-state index in [1.807, 2.05) is 31.3 Å². The molecular weight excluding hydrogens is 434 g/mol. The van der Waals surface area contributed by atoms with E-state index < -0.39 is 5.91 Å². The van der Waals surface area contributed by atoms with Crippen molar-refractivity contribution < 1.29 is 24.3 Å². The molecule has 3 aromatic rings. The second-order valence-electron chi connectivity index (χ2n) is 7.33. The third-order valence-corrected chi connectivity index (χ3v) is 5.60. The van der Waals surface area contributed by atoms with E-state index in [1.165, 1.54) is 13.2 Å². The molecule has 0 unspecified atom stereocenters. The molecular formula is C23H22ClN3O5. The van der Waals surface area contributed by atoms with E-state index in [4.69, 9.17) is 26.0 Å². The molecule has 0 atom stereocenters. The minimum atomic E-state index is -0.470. The number of hydrogen-bond donors (Lipinski definition) is 3. The second-order valence-corrected chi connectivity index (χ2v) is 7.74. The highest BCUT2D eigenvalue weighted by molar-refractivity contribution is 6.38. The minimum Gasteiger partial charge on any atom is -0.504 e. The molecule has 166 valence electrons. The highest BCUT2D eigenvalue weighted by Gasteiger charge is 2.31. The topological polar surface area (TPSA) is 108 Å². The number of fused-ring (bicyclic) bond motifs is 1. The van der Waals surface area contributed by atoms with Crippen LogP contribution < -0.4 is 15.0 Å². The lowest BCUT2D eigenvalue weighted by molar-refractivity contribution is -0.110. The Morgan fingerprint density at radius 2 is 1.97 bits per heavy atom. The zero-order valence-electron chi connectivity index (χ0n) is 17.6. The van der Waals surface area contributed by atoms with Crippen LogP contribution in [0.2, 0.25) is 5.02 Å². The Morgan fingerprint density at radius 1 is 1.22 bits per heavy atom. The summed E-state index contributed by atoms with van der Waals surface area (Å²) in [6.07, 6.45) is 0.686. The number of nitrogens with one attached hydrogen (secondary N) is 1. The SMILES string of the molecule is COc1cc(C(O)=C2C(=O)Nc3cc(Cl)c(-c4ccc(N(C)CCCO)cc4)cc32)on1. The van der Waals surface area contributed by atoms with Gasteiger partial charge in [-0.1, -0.05) is 23.7 Å². The summed E-state index contributed by atoms with van der Waals surface area (Å²) in [4.78, 5) is 14.7. The van der Waals surface area contributed by atoms with E-state index in [1.54, 1.807) is 12.1 Å². The summed E-state index contributed by atoms with van der Waals surface area (Å²) in [5.74, 6) is -0.605. The Kier molecular flexibility index (Phi) is 6.07. The number of aliphatic hydroxyl groups excluding tert-OH is 2. The van der Waals surface area contributed by atoms with E-state index >= 15 is 0 Å². The van der Waals surface area contributed by atoms with Crippen LogP contribution in [0.5, 0.6) is 5.88 Å². The fourth-order valence-electron chi connectivity index (χ4n) is 3.57. The van der Waals surface area contributed by atoms with Crippen molar-refractivity contribution in [3.63, 3.8) is 0 Å². The molecule has 3 N–H and O–H groups in total. The molecule has 9 heteroatoms. The number of nitrogens with zero attached hydrogens (tertiary/aromatic N) is 2. The average molecular weight is 456 g/mol. The molecule has 1 aliphatic heterocycles.